The lowest BCUT2D eigenvalue weighted by molar-refractivity contribution is 0.595. The highest BCUT2D eigenvalue weighted by atomic mass is 15.0. The van der Waals surface area contributed by atoms with E-state index in [0.717, 1.165) is 19.0 Å². The molecule has 0 aromatic heterocycles. The van der Waals surface area contributed by atoms with Gasteiger partial charge in [-0.2, -0.15) is 0 Å². The quantitative estimate of drug-likeness (QED) is 0.716. The first kappa shape index (κ1) is 8.57. The first-order valence-electron chi connectivity index (χ1n) is 4.88. The predicted octanol–water partition coefficient (Wildman–Crippen LogP) is 1.71. The van der Waals surface area contributed by atoms with Crippen LogP contribution in [0.2, 0.25) is 0 Å². The van der Waals surface area contributed by atoms with Crippen LogP contribution in [-0.4, -0.2) is 19.1 Å². The van der Waals surface area contributed by atoms with E-state index in [1.165, 1.54) is 5.69 Å². The van der Waals surface area contributed by atoms with Gasteiger partial charge in [0.15, 0.2) is 0 Å². The maximum atomic E-state index is 3.53. The van der Waals surface area contributed by atoms with Crippen molar-refractivity contribution in [2.75, 3.05) is 18.4 Å². The van der Waals surface area contributed by atoms with Crippen molar-refractivity contribution in [3.8, 4) is 0 Å². The summed E-state index contributed by atoms with van der Waals surface area (Å²) in [4.78, 5) is 0. The average Bonchev–Trinajstić information content (AvgIpc) is 2.54. The third kappa shape index (κ3) is 2.01. The second kappa shape index (κ2) is 3.79. The van der Waals surface area contributed by atoms with Gasteiger partial charge in [-0.1, -0.05) is 25.1 Å². The maximum Gasteiger partial charge on any atom is 0.0423 e. The molecule has 2 rings (SSSR count). The van der Waals surface area contributed by atoms with E-state index < -0.39 is 0 Å². The Kier molecular flexibility index (Phi) is 2.50. The van der Waals surface area contributed by atoms with Crippen LogP contribution in [0.15, 0.2) is 30.3 Å². The highest BCUT2D eigenvalue weighted by molar-refractivity contribution is 5.43. The summed E-state index contributed by atoms with van der Waals surface area (Å²) in [6.45, 7) is 4.49. The molecule has 0 aliphatic carbocycles. The Morgan fingerprint density at radius 2 is 2.00 bits per heavy atom. The van der Waals surface area contributed by atoms with E-state index in [-0.39, 0.29) is 0 Å². The Balaban J connectivity index is 1.98. The third-order valence-corrected chi connectivity index (χ3v) is 2.64. The highest BCUT2D eigenvalue weighted by Crippen LogP contribution is 2.14. The number of hydrogen-bond donors (Lipinski definition) is 2. The summed E-state index contributed by atoms with van der Waals surface area (Å²) < 4.78 is 0. The van der Waals surface area contributed by atoms with E-state index in [2.05, 4.69) is 41.8 Å². The van der Waals surface area contributed by atoms with Crippen molar-refractivity contribution >= 4 is 5.69 Å². The lowest BCUT2D eigenvalue weighted by Crippen LogP contribution is -2.26. The monoisotopic (exact) mass is 176 g/mol. The minimum absolute atomic E-state index is 0.586. The number of nitrogens with one attached hydrogen (secondary N) is 2. The Morgan fingerprint density at radius 1 is 1.23 bits per heavy atom. The van der Waals surface area contributed by atoms with Crippen LogP contribution >= 0.6 is 0 Å². The van der Waals surface area contributed by atoms with E-state index in [9.17, 15) is 0 Å². The van der Waals surface area contributed by atoms with Crippen molar-refractivity contribution in [1.29, 1.82) is 0 Å². The smallest absolute Gasteiger partial charge is 0.0423 e. The molecule has 1 aliphatic heterocycles. The zero-order valence-corrected chi connectivity index (χ0v) is 7.96. The minimum atomic E-state index is 0.586. The standard InChI is InChI=1S/C11H16N2/c1-9-7-12-8-11(9)13-10-5-3-2-4-6-10/h2-6,9,11-13H,7-8H2,1H3. The van der Waals surface area contributed by atoms with Crippen molar-refractivity contribution in [2.24, 2.45) is 5.92 Å². The molecule has 1 aromatic rings. The molecule has 0 amide bonds. The second-order valence-electron chi connectivity index (χ2n) is 3.75. The van der Waals surface area contributed by atoms with Crippen molar-refractivity contribution in [3.63, 3.8) is 0 Å². The van der Waals surface area contributed by atoms with Gasteiger partial charge >= 0.3 is 0 Å². The second-order valence-corrected chi connectivity index (χ2v) is 3.75. The van der Waals surface area contributed by atoms with Crippen LogP contribution in [-0.2, 0) is 0 Å². The first-order valence-corrected chi connectivity index (χ1v) is 4.88. The molecule has 13 heavy (non-hydrogen) atoms. The van der Waals surface area contributed by atoms with Crippen molar-refractivity contribution in [2.45, 2.75) is 13.0 Å². The van der Waals surface area contributed by atoms with Crippen LogP contribution in [0.4, 0.5) is 5.69 Å². The van der Waals surface area contributed by atoms with Crippen molar-refractivity contribution < 1.29 is 0 Å². The minimum Gasteiger partial charge on any atom is -0.381 e. The van der Waals surface area contributed by atoms with E-state index in [1.54, 1.807) is 0 Å². The van der Waals surface area contributed by atoms with Gasteiger partial charge in [0, 0.05) is 18.3 Å². The number of hydrogen-bond acceptors (Lipinski definition) is 2. The van der Waals surface area contributed by atoms with Crippen LogP contribution in [0.5, 0.6) is 0 Å². The van der Waals surface area contributed by atoms with Crippen LogP contribution in [0, 0.1) is 5.92 Å². The van der Waals surface area contributed by atoms with Gasteiger partial charge in [0.05, 0.1) is 0 Å². The molecule has 0 spiro atoms. The lowest BCUT2D eigenvalue weighted by atomic mass is 10.1. The molecule has 2 atom stereocenters. The zero-order valence-electron chi connectivity index (χ0n) is 7.96. The van der Waals surface area contributed by atoms with Crippen LogP contribution in [0.3, 0.4) is 0 Å². The van der Waals surface area contributed by atoms with Gasteiger partial charge in [-0.05, 0) is 24.6 Å². The number of rotatable bonds is 2. The van der Waals surface area contributed by atoms with E-state index in [4.69, 9.17) is 0 Å². The molecular weight excluding hydrogens is 160 g/mol. The molecule has 0 saturated carbocycles. The van der Waals surface area contributed by atoms with Gasteiger partial charge in [-0.25, -0.2) is 0 Å². The molecule has 1 heterocycles. The van der Waals surface area contributed by atoms with E-state index in [0.29, 0.717) is 6.04 Å². The lowest BCUT2D eigenvalue weighted by Gasteiger charge is -2.17. The fraction of sp³-hybridized carbons (Fsp3) is 0.455. The van der Waals surface area contributed by atoms with Crippen LogP contribution in [0.25, 0.3) is 0 Å². The summed E-state index contributed by atoms with van der Waals surface area (Å²) in [5, 5.41) is 6.91. The predicted molar refractivity (Wildman–Crippen MR) is 55.9 cm³/mol. The topological polar surface area (TPSA) is 24.1 Å². The molecule has 2 nitrogen and oxygen atoms in total. The summed E-state index contributed by atoms with van der Waals surface area (Å²) in [5.74, 6) is 0.722. The van der Waals surface area contributed by atoms with Crippen LogP contribution < -0.4 is 10.6 Å². The Morgan fingerprint density at radius 3 is 2.62 bits per heavy atom. The van der Waals surface area contributed by atoms with E-state index >= 15 is 0 Å². The molecule has 0 radical (unpaired) electrons. The van der Waals surface area contributed by atoms with Crippen molar-refractivity contribution in [1.82, 2.24) is 5.32 Å². The molecule has 1 saturated heterocycles. The number of benzene rings is 1. The summed E-state index contributed by atoms with van der Waals surface area (Å²) in [6.07, 6.45) is 0. The van der Waals surface area contributed by atoms with Gasteiger partial charge in [0.1, 0.15) is 0 Å². The Labute approximate surface area is 79.4 Å². The number of anilines is 1. The molecule has 2 heteroatoms. The highest BCUT2D eigenvalue weighted by Gasteiger charge is 2.22. The molecule has 70 valence electrons. The summed E-state index contributed by atoms with van der Waals surface area (Å²) >= 11 is 0. The summed E-state index contributed by atoms with van der Waals surface area (Å²) in [6, 6.07) is 11.0. The molecule has 1 fully saturated rings. The number of para-hydroxylation sites is 1. The molecule has 2 unspecified atom stereocenters. The normalized spacial score (nSPS) is 27.5. The van der Waals surface area contributed by atoms with Gasteiger partial charge in [-0.15, -0.1) is 0 Å². The van der Waals surface area contributed by atoms with Crippen LogP contribution in [0.1, 0.15) is 6.92 Å². The first-order chi connectivity index (χ1) is 6.36. The van der Waals surface area contributed by atoms with E-state index in [1.807, 2.05) is 6.07 Å². The molecule has 1 aliphatic rings. The molecule has 1 aromatic carbocycles. The molecule has 2 N–H and O–H groups in total. The Hall–Kier alpha value is -1.02. The fourth-order valence-corrected chi connectivity index (χ4v) is 1.75. The Bertz CT molecular complexity index is 258. The van der Waals surface area contributed by atoms with Gasteiger partial charge in [0.25, 0.3) is 0 Å². The van der Waals surface area contributed by atoms with Crippen molar-refractivity contribution in [3.05, 3.63) is 30.3 Å². The molecular formula is C11H16N2. The van der Waals surface area contributed by atoms with Gasteiger partial charge in [0.2, 0.25) is 0 Å². The van der Waals surface area contributed by atoms with Gasteiger partial charge in [-0.3, -0.25) is 0 Å². The maximum absolute atomic E-state index is 3.53. The largest absolute Gasteiger partial charge is 0.381 e. The fourth-order valence-electron chi connectivity index (χ4n) is 1.75. The molecule has 0 bridgehead atoms. The summed E-state index contributed by atoms with van der Waals surface area (Å²) in [5.41, 5.74) is 1.23. The zero-order chi connectivity index (χ0) is 9.10. The third-order valence-electron chi connectivity index (χ3n) is 2.64. The SMILES string of the molecule is CC1CNCC1Nc1ccccc1. The summed E-state index contributed by atoms with van der Waals surface area (Å²) in [7, 11) is 0. The van der Waals surface area contributed by atoms with Gasteiger partial charge < -0.3 is 10.6 Å². The average molecular weight is 176 g/mol.